The van der Waals surface area contributed by atoms with Gasteiger partial charge in [-0.2, -0.15) is 0 Å². The first-order valence-corrected chi connectivity index (χ1v) is 14.8. The maximum absolute atomic E-state index is 14.1. The lowest BCUT2D eigenvalue weighted by molar-refractivity contribution is -0.140. The second-order valence-corrected chi connectivity index (χ2v) is 12.1. The number of sulfonamides is 1. The van der Waals surface area contributed by atoms with E-state index in [1.807, 2.05) is 26.8 Å². The zero-order valence-corrected chi connectivity index (χ0v) is 24.7. The summed E-state index contributed by atoms with van der Waals surface area (Å²) in [5.41, 5.74) is 1.64. The van der Waals surface area contributed by atoms with Gasteiger partial charge in [0, 0.05) is 28.2 Å². The van der Waals surface area contributed by atoms with Crippen molar-refractivity contribution in [1.82, 2.24) is 10.2 Å². The Hall–Kier alpha value is -3.07. The molecule has 10 heteroatoms. The molecule has 0 heterocycles. The number of halogens is 2. The molecule has 1 unspecified atom stereocenters. The van der Waals surface area contributed by atoms with Crippen molar-refractivity contribution in [3.8, 4) is 0 Å². The Morgan fingerprint density at radius 2 is 1.54 bits per heavy atom. The Balaban J connectivity index is 2.10. The molecule has 0 aromatic heterocycles. The van der Waals surface area contributed by atoms with Gasteiger partial charge in [-0.25, -0.2) is 8.42 Å². The van der Waals surface area contributed by atoms with Crippen LogP contribution in [-0.2, 0) is 26.2 Å². The molecule has 1 atom stereocenters. The standard InChI is InChI=1S/C29H33Cl2N3O4S/c1-5-27(29(36)32-20(2)3)33(18-24-25(30)15-10-16-26(24)31)28(35)19-34(22-12-9-11-21(4)17-22)39(37,38)23-13-7-6-8-14-23/h6-17,20,27H,5,18-19H2,1-4H3,(H,32,36). The maximum atomic E-state index is 14.1. The molecular weight excluding hydrogens is 557 g/mol. The molecule has 3 rings (SSSR count). The SMILES string of the molecule is CCC(C(=O)NC(C)C)N(Cc1c(Cl)cccc1Cl)C(=O)CN(c1cccc(C)c1)S(=O)(=O)c1ccccc1. The molecule has 0 aliphatic heterocycles. The number of nitrogens with one attached hydrogen (secondary N) is 1. The van der Waals surface area contributed by atoms with E-state index in [0.29, 0.717) is 27.7 Å². The quantitative estimate of drug-likeness (QED) is 0.305. The number of nitrogens with zero attached hydrogens (tertiary/aromatic N) is 2. The molecule has 7 nitrogen and oxygen atoms in total. The van der Waals surface area contributed by atoms with Crippen molar-refractivity contribution >= 4 is 50.7 Å². The third-order valence-electron chi connectivity index (χ3n) is 6.11. The van der Waals surface area contributed by atoms with Gasteiger partial charge in [0.15, 0.2) is 0 Å². The van der Waals surface area contributed by atoms with E-state index in [1.165, 1.54) is 17.0 Å². The zero-order valence-electron chi connectivity index (χ0n) is 22.4. The molecule has 3 aromatic rings. The first-order valence-electron chi connectivity index (χ1n) is 12.6. The highest BCUT2D eigenvalue weighted by molar-refractivity contribution is 7.92. The van der Waals surface area contributed by atoms with E-state index in [2.05, 4.69) is 5.32 Å². The monoisotopic (exact) mass is 589 g/mol. The fourth-order valence-electron chi connectivity index (χ4n) is 4.19. The number of hydrogen-bond donors (Lipinski definition) is 1. The number of hydrogen-bond acceptors (Lipinski definition) is 4. The summed E-state index contributed by atoms with van der Waals surface area (Å²) >= 11 is 12.9. The summed E-state index contributed by atoms with van der Waals surface area (Å²) in [4.78, 5) is 28.7. The molecule has 208 valence electrons. The Kier molecular flexibility index (Phi) is 10.4. The molecule has 0 saturated heterocycles. The minimum absolute atomic E-state index is 0.0459. The highest BCUT2D eigenvalue weighted by Crippen LogP contribution is 2.29. The van der Waals surface area contributed by atoms with E-state index in [9.17, 15) is 18.0 Å². The third-order valence-corrected chi connectivity index (χ3v) is 8.60. The minimum atomic E-state index is -4.13. The summed E-state index contributed by atoms with van der Waals surface area (Å²) in [5.74, 6) is -0.921. The molecular formula is C29H33Cl2N3O4S. The number of carbonyl (C=O) groups is 2. The lowest BCUT2D eigenvalue weighted by Crippen LogP contribution is -2.53. The van der Waals surface area contributed by atoms with Crippen LogP contribution in [0.4, 0.5) is 5.69 Å². The topological polar surface area (TPSA) is 86.8 Å². The van der Waals surface area contributed by atoms with Crippen LogP contribution >= 0.6 is 23.2 Å². The van der Waals surface area contributed by atoms with E-state index in [1.54, 1.807) is 61.5 Å². The fraction of sp³-hybridized carbons (Fsp3) is 0.310. The van der Waals surface area contributed by atoms with Crippen molar-refractivity contribution in [2.24, 2.45) is 0 Å². The van der Waals surface area contributed by atoms with Gasteiger partial charge >= 0.3 is 0 Å². The Morgan fingerprint density at radius 3 is 2.10 bits per heavy atom. The van der Waals surface area contributed by atoms with Crippen molar-refractivity contribution in [2.45, 2.75) is 57.6 Å². The van der Waals surface area contributed by atoms with E-state index in [4.69, 9.17) is 23.2 Å². The smallest absolute Gasteiger partial charge is 0.264 e. The number of anilines is 1. The number of aryl methyl sites for hydroxylation is 1. The van der Waals surface area contributed by atoms with Crippen LogP contribution in [-0.4, -0.2) is 43.8 Å². The maximum Gasteiger partial charge on any atom is 0.264 e. The van der Waals surface area contributed by atoms with Gasteiger partial charge in [-0.3, -0.25) is 13.9 Å². The van der Waals surface area contributed by atoms with Crippen LogP contribution in [0.5, 0.6) is 0 Å². The van der Waals surface area contributed by atoms with Crippen molar-refractivity contribution in [3.63, 3.8) is 0 Å². The first-order chi connectivity index (χ1) is 18.4. The van der Waals surface area contributed by atoms with Crippen LogP contribution in [0.25, 0.3) is 0 Å². The van der Waals surface area contributed by atoms with Crippen molar-refractivity contribution in [3.05, 3.63) is 94.0 Å². The molecule has 3 aromatic carbocycles. The minimum Gasteiger partial charge on any atom is -0.352 e. The largest absolute Gasteiger partial charge is 0.352 e. The van der Waals surface area contributed by atoms with Crippen LogP contribution in [0.15, 0.2) is 77.7 Å². The van der Waals surface area contributed by atoms with Gasteiger partial charge in [-0.15, -0.1) is 0 Å². The highest BCUT2D eigenvalue weighted by Gasteiger charge is 2.34. The molecule has 0 fully saturated rings. The van der Waals surface area contributed by atoms with Gasteiger partial charge in [0.1, 0.15) is 12.6 Å². The molecule has 39 heavy (non-hydrogen) atoms. The van der Waals surface area contributed by atoms with E-state index < -0.39 is 28.5 Å². The molecule has 0 saturated carbocycles. The molecule has 0 radical (unpaired) electrons. The van der Waals surface area contributed by atoms with E-state index in [-0.39, 0.29) is 23.4 Å². The van der Waals surface area contributed by atoms with Gasteiger partial charge in [0.25, 0.3) is 10.0 Å². The number of amides is 2. The second kappa shape index (κ2) is 13.3. The Morgan fingerprint density at radius 1 is 0.923 bits per heavy atom. The van der Waals surface area contributed by atoms with Crippen LogP contribution in [0.3, 0.4) is 0 Å². The molecule has 0 aliphatic rings. The van der Waals surface area contributed by atoms with Crippen molar-refractivity contribution in [2.75, 3.05) is 10.8 Å². The Labute approximate surface area is 240 Å². The van der Waals surface area contributed by atoms with E-state index >= 15 is 0 Å². The lowest BCUT2D eigenvalue weighted by atomic mass is 10.1. The average Bonchev–Trinajstić information content (AvgIpc) is 2.88. The number of carbonyl (C=O) groups excluding carboxylic acids is 2. The van der Waals surface area contributed by atoms with Crippen LogP contribution in [0.2, 0.25) is 10.0 Å². The van der Waals surface area contributed by atoms with Gasteiger partial charge < -0.3 is 10.2 Å². The first kappa shape index (κ1) is 30.5. The van der Waals surface area contributed by atoms with Gasteiger partial charge in [0.2, 0.25) is 11.8 Å². The van der Waals surface area contributed by atoms with Crippen LogP contribution in [0, 0.1) is 6.92 Å². The predicted octanol–water partition coefficient (Wildman–Crippen LogP) is 5.83. The molecule has 2 amide bonds. The summed E-state index contributed by atoms with van der Waals surface area (Å²) in [5, 5.41) is 3.54. The second-order valence-electron chi connectivity index (χ2n) is 9.47. The summed E-state index contributed by atoms with van der Waals surface area (Å²) in [6, 6.07) is 18.8. The number of rotatable bonds is 11. The molecule has 0 spiro atoms. The average molecular weight is 591 g/mol. The summed E-state index contributed by atoms with van der Waals surface area (Å²) in [7, 11) is -4.13. The zero-order chi connectivity index (χ0) is 28.7. The van der Waals surface area contributed by atoms with Crippen molar-refractivity contribution in [1.29, 1.82) is 0 Å². The van der Waals surface area contributed by atoms with E-state index in [0.717, 1.165) is 9.87 Å². The number of benzene rings is 3. The van der Waals surface area contributed by atoms with Crippen LogP contribution < -0.4 is 9.62 Å². The third kappa shape index (κ3) is 7.53. The van der Waals surface area contributed by atoms with Gasteiger partial charge in [-0.05, 0) is 69.2 Å². The van der Waals surface area contributed by atoms with Crippen LogP contribution in [0.1, 0.15) is 38.3 Å². The normalized spacial score (nSPS) is 12.2. The summed E-state index contributed by atoms with van der Waals surface area (Å²) in [6.07, 6.45) is 0.294. The van der Waals surface area contributed by atoms with Gasteiger partial charge in [0.05, 0.1) is 10.6 Å². The van der Waals surface area contributed by atoms with Crippen molar-refractivity contribution < 1.29 is 18.0 Å². The Bertz CT molecular complexity index is 1390. The summed E-state index contributed by atoms with van der Waals surface area (Å²) < 4.78 is 28.7. The summed E-state index contributed by atoms with van der Waals surface area (Å²) in [6.45, 7) is 6.68. The molecule has 1 N–H and O–H groups in total. The fourth-order valence-corrected chi connectivity index (χ4v) is 6.13. The van der Waals surface area contributed by atoms with Gasteiger partial charge in [-0.1, -0.05) is 66.5 Å². The lowest BCUT2D eigenvalue weighted by Gasteiger charge is -2.34. The predicted molar refractivity (Wildman–Crippen MR) is 157 cm³/mol. The molecule has 0 aliphatic carbocycles. The highest BCUT2D eigenvalue weighted by atomic mass is 35.5. The molecule has 0 bridgehead atoms.